The van der Waals surface area contributed by atoms with Gasteiger partial charge >= 0.3 is 0 Å². The molecule has 250 valence electrons. The molecule has 0 saturated carbocycles. The average Bonchev–Trinajstić information content (AvgIpc) is 3.74. The van der Waals surface area contributed by atoms with Gasteiger partial charge in [0.05, 0.1) is 11.1 Å². The molecule has 2 aliphatic carbocycles. The predicted molar refractivity (Wildman–Crippen MR) is 217 cm³/mol. The Kier molecular flexibility index (Phi) is 6.62. The highest BCUT2D eigenvalue weighted by molar-refractivity contribution is 6.30. The van der Waals surface area contributed by atoms with E-state index in [0.29, 0.717) is 5.02 Å². The molecule has 11 rings (SSSR count). The Labute approximate surface area is 314 Å². The van der Waals surface area contributed by atoms with Gasteiger partial charge in [-0.05, 0) is 92.0 Å². The molecule has 0 fully saturated rings. The van der Waals surface area contributed by atoms with Gasteiger partial charge < -0.3 is 9.64 Å². The van der Waals surface area contributed by atoms with Gasteiger partial charge in [0.25, 0.3) is 0 Å². The lowest BCUT2D eigenvalue weighted by Crippen LogP contribution is -2.32. The number of nitrogens with zero attached hydrogens (tertiary/aromatic N) is 1. The maximum Gasteiger partial charge on any atom is 0.134 e. The molecule has 1 aliphatic heterocycles. The van der Waals surface area contributed by atoms with E-state index in [1.165, 1.54) is 55.6 Å². The molecule has 1 spiro atoms. The highest BCUT2D eigenvalue weighted by Crippen LogP contribution is 2.63. The molecule has 2 nitrogen and oxygen atoms in total. The van der Waals surface area contributed by atoms with E-state index in [2.05, 4.69) is 175 Å². The van der Waals surface area contributed by atoms with Gasteiger partial charge in [0, 0.05) is 40.0 Å². The number of halogens is 1. The zero-order valence-electron chi connectivity index (χ0n) is 28.8. The average molecular weight is 698 g/mol. The number of anilines is 3. The zero-order chi connectivity index (χ0) is 35.1. The fourth-order valence-electron chi connectivity index (χ4n) is 9.32. The lowest BCUT2D eigenvalue weighted by atomic mass is 9.66. The van der Waals surface area contributed by atoms with E-state index >= 15 is 0 Å². The Bertz CT molecular complexity index is 2710. The second-order valence-corrected chi connectivity index (χ2v) is 14.6. The number of rotatable bonds is 4. The highest BCUT2D eigenvalue weighted by Gasteiger charge is 2.51. The molecule has 0 unspecified atom stereocenters. The zero-order valence-corrected chi connectivity index (χ0v) is 29.5. The molecule has 0 saturated heterocycles. The van der Waals surface area contributed by atoms with Crippen molar-refractivity contribution < 1.29 is 4.74 Å². The van der Waals surface area contributed by atoms with E-state index in [0.717, 1.165) is 46.1 Å². The lowest BCUT2D eigenvalue weighted by molar-refractivity contribution is 0.436. The van der Waals surface area contributed by atoms with Crippen LogP contribution in [0.3, 0.4) is 0 Å². The van der Waals surface area contributed by atoms with Gasteiger partial charge in [-0.3, -0.25) is 0 Å². The van der Waals surface area contributed by atoms with Gasteiger partial charge in [0.1, 0.15) is 11.5 Å². The summed E-state index contributed by atoms with van der Waals surface area (Å²) in [6.45, 7) is 0. The maximum atomic E-state index is 6.95. The lowest BCUT2D eigenvalue weighted by Gasteiger charge is -2.40. The SMILES string of the molecule is Clc1ccc2c(c1)Oc1cc(N(c3ccccc3)c3ccc(-c4ccccc4)c4c3Cc3ccccc3-4)ccc1C21c2ccccc2-c2ccccc21. The Hall–Kier alpha value is -6.35. The Balaban J connectivity index is 1.16. The number of fused-ring (bicyclic) bond motifs is 12. The number of hydrogen-bond acceptors (Lipinski definition) is 2. The number of benzene rings is 8. The van der Waals surface area contributed by atoms with Crippen LogP contribution in [-0.2, 0) is 11.8 Å². The van der Waals surface area contributed by atoms with Crippen molar-refractivity contribution in [3.8, 4) is 44.9 Å². The third-order valence-corrected chi connectivity index (χ3v) is 11.7. The van der Waals surface area contributed by atoms with E-state index in [-0.39, 0.29) is 0 Å². The van der Waals surface area contributed by atoms with E-state index in [1.807, 2.05) is 12.1 Å². The minimum absolute atomic E-state index is 0.559. The Morgan fingerprint density at radius 2 is 1.08 bits per heavy atom. The second kappa shape index (κ2) is 11.6. The standard InChI is InChI=1S/C50H32ClNO/c51-34-23-26-44-47(30-34)53-48-31-36(24-27-45(48)50(44)42-21-11-9-19-39(42)40-20-10-12-22-43(40)50)52(35-16-5-2-6-17-35)46-28-25-38(32-13-3-1-4-14-32)49-37-18-8-7-15-33(37)29-41(46)49/h1-28,30-31H,29H2. The first-order valence-corrected chi connectivity index (χ1v) is 18.5. The normalized spacial score (nSPS) is 13.6. The van der Waals surface area contributed by atoms with Crippen LogP contribution >= 0.6 is 11.6 Å². The first kappa shape index (κ1) is 30.3. The fraction of sp³-hybridized carbons (Fsp3) is 0.0400. The highest BCUT2D eigenvalue weighted by atomic mass is 35.5. The van der Waals surface area contributed by atoms with Crippen molar-refractivity contribution in [1.29, 1.82) is 0 Å². The van der Waals surface area contributed by atoms with Crippen molar-refractivity contribution in [3.63, 3.8) is 0 Å². The summed E-state index contributed by atoms with van der Waals surface area (Å²) < 4.78 is 6.95. The molecule has 0 N–H and O–H groups in total. The van der Waals surface area contributed by atoms with Crippen molar-refractivity contribution in [2.45, 2.75) is 11.8 Å². The molecular formula is C50H32ClNO. The Morgan fingerprint density at radius 1 is 0.472 bits per heavy atom. The Morgan fingerprint density at radius 3 is 1.81 bits per heavy atom. The van der Waals surface area contributed by atoms with Crippen LogP contribution < -0.4 is 9.64 Å². The van der Waals surface area contributed by atoms with Gasteiger partial charge in [-0.1, -0.05) is 151 Å². The predicted octanol–water partition coefficient (Wildman–Crippen LogP) is 13.5. The quantitative estimate of drug-likeness (QED) is 0.181. The van der Waals surface area contributed by atoms with Crippen LogP contribution in [0.4, 0.5) is 17.1 Å². The molecule has 0 radical (unpaired) electrons. The summed E-state index contributed by atoms with van der Waals surface area (Å²) in [5.41, 5.74) is 17.7. The van der Waals surface area contributed by atoms with Gasteiger partial charge in [-0.15, -0.1) is 0 Å². The summed E-state index contributed by atoms with van der Waals surface area (Å²) in [6, 6.07) is 65.5. The van der Waals surface area contributed by atoms with Crippen LogP contribution in [-0.4, -0.2) is 0 Å². The van der Waals surface area contributed by atoms with Gasteiger partial charge in [0.2, 0.25) is 0 Å². The third-order valence-electron chi connectivity index (χ3n) is 11.4. The first-order valence-electron chi connectivity index (χ1n) is 18.2. The molecule has 3 aliphatic rings. The van der Waals surface area contributed by atoms with Crippen LogP contribution in [0.2, 0.25) is 5.02 Å². The van der Waals surface area contributed by atoms with Gasteiger partial charge in [0.15, 0.2) is 0 Å². The van der Waals surface area contributed by atoms with Crippen LogP contribution in [0.15, 0.2) is 182 Å². The van der Waals surface area contributed by atoms with Crippen molar-refractivity contribution in [3.05, 3.63) is 220 Å². The summed E-state index contributed by atoms with van der Waals surface area (Å²) in [4.78, 5) is 2.40. The van der Waals surface area contributed by atoms with E-state index in [1.54, 1.807) is 0 Å². The van der Waals surface area contributed by atoms with Crippen molar-refractivity contribution >= 4 is 28.7 Å². The monoisotopic (exact) mass is 697 g/mol. The number of ether oxygens (including phenoxy) is 1. The fourth-order valence-corrected chi connectivity index (χ4v) is 9.48. The van der Waals surface area contributed by atoms with E-state index in [4.69, 9.17) is 16.3 Å². The summed E-state index contributed by atoms with van der Waals surface area (Å²) >= 11 is 6.70. The minimum atomic E-state index is -0.559. The summed E-state index contributed by atoms with van der Waals surface area (Å²) in [6.07, 6.45) is 0.856. The van der Waals surface area contributed by atoms with E-state index < -0.39 is 5.41 Å². The molecule has 0 aromatic heterocycles. The van der Waals surface area contributed by atoms with Crippen molar-refractivity contribution in [2.24, 2.45) is 0 Å². The number of hydrogen-bond donors (Lipinski definition) is 0. The molecule has 0 bridgehead atoms. The molecule has 0 amide bonds. The van der Waals surface area contributed by atoms with Crippen LogP contribution in [0.5, 0.6) is 11.5 Å². The molecule has 1 heterocycles. The molecule has 0 atom stereocenters. The molecule has 8 aromatic rings. The molecule has 8 aromatic carbocycles. The molecular weight excluding hydrogens is 666 g/mol. The third kappa shape index (κ3) is 4.33. The van der Waals surface area contributed by atoms with Crippen LogP contribution in [0.25, 0.3) is 33.4 Å². The molecule has 53 heavy (non-hydrogen) atoms. The summed E-state index contributed by atoms with van der Waals surface area (Å²) in [5, 5.41) is 0.651. The minimum Gasteiger partial charge on any atom is -0.457 e. The topological polar surface area (TPSA) is 12.5 Å². The second-order valence-electron chi connectivity index (χ2n) is 14.1. The maximum absolute atomic E-state index is 6.95. The van der Waals surface area contributed by atoms with E-state index in [9.17, 15) is 0 Å². The van der Waals surface area contributed by atoms with Crippen LogP contribution in [0.1, 0.15) is 33.4 Å². The summed E-state index contributed by atoms with van der Waals surface area (Å²) in [5.74, 6) is 1.61. The first-order chi connectivity index (χ1) is 26.2. The van der Waals surface area contributed by atoms with Gasteiger partial charge in [-0.25, -0.2) is 0 Å². The van der Waals surface area contributed by atoms with Crippen LogP contribution in [0, 0.1) is 0 Å². The smallest absolute Gasteiger partial charge is 0.134 e. The molecule has 3 heteroatoms. The largest absolute Gasteiger partial charge is 0.457 e. The van der Waals surface area contributed by atoms with Crippen molar-refractivity contribution in [2.75, 3.05) is 4.90 Å². The van der Waals surface area contributed by atoms with Gasteiger partial charge in [-0.2, -0.15) is 0 Å². The van der Waals surface area contributed by atoms with Crippen molar-refractivity contribution in [1.82, 2.24) is 0 Å². The summed E-state index contributed by atoms with van der Waals surface area (Å²) in [7, 11) is 0. The number of para-hydroxylation sites is 1.